The number of aromatic nitrogens is 1. The molecule has 1 aliphatic heterocycles. The van der Waals surface area contributed by atoms with Crippen molar-refractivity contribution in [2.75, 3.05) is 6.79 Å². The summed E-state index contributed by atoms with van der Waals surface area (Å²) in [5.74, 6) is 1.30. The van der Waals surface area contributed by atoms with E-state index in [0.29, 0.717) is 20.6 Å². The summed E-state index contributed by atoms with van der Waals surface area (Å²) in [6.07, 6.45) is 0. The number of rotatable bonds is 2. The molecular weight excluding hydrogens is 380 g/mol. The first kappa shape index (κ1) is 15.0. The van der Waals surface area contributed by atoms with E-state index in [1.54, 1.807) is 17.7 Å². The monoisotopic (exact) mass is 388 g/mol. The Bertz CT molecular complexity index is 1090. The van der Waals surface area contributed by atoms with Crippen molar-refractivity contribution in [3.8, 4) is 11.5 Å². The van der Waals surface area contributed by atoms with Gasteiger partial charge < -0.3 is 14.0 Å². The van der Waals surface area contributed by atoms with Gasteiger partial charge in [-0.25, -0.2) is 0 Å². The van der Waals surface area contributed by atoms with Crippen LogP contribution in [0.25, 0.3) is 10.2 Å². The number of thiazole rings is 1. The Hall–Kier alpha value is -1.55. The number of benzene rings is 1. The summed E-state index contributed by atoms with van der Waals surface area (Å²) in [4.78, 5) is 0.369. The lowest BCUT2D eigenvalue weighted by Crippen LogP contribution is -2.13. The molecule has 0 radical (unpaired) electrons. The van der Waals surface area contributed by atoms with Crippen LogP contribution in [0.4, 0.5) is 0 Å². The van der Waals surface area contributed by atoms with Gasteiger partial charge in [0.15, 0.2) is 11.5 Å². The number of hydrogen-bond acceptors (Lipinski definition) is 6. The first-order valence-corrected chi connectivity index (χ1v) is 9.85. The lowest BCUT2D eigenvalue weighted by molar-refractivity contribution is 0.174. The van der Waals surface area contributed by atoms with Gasteiger partial charge in [0.05, 0.1) is 14.6 Å². The highest BCUT2D eigenvalue weighted by Gasteiger charge is 2.19. The van der Waals surface area contributed by atoms with E-state index in [1.807, 2.05) is 12.1 Å². The molecule has 2 aromatic heterocycles. The zero-order chi connectivity index (χ0) is 16.2. The molecule has 3 heterocycles. The lowest BCUT2D eigenvalue weighted by Gasteiger charge is -1.98. The van der Waals surface area contributed by atoms with Crippen LogP contribution in [-0.4, -0.2) is 19.8 Å². The molecule has 0 amide bonds. The number of nitrogens with zero attached hydrogens (tertiary/aromatic N) is 2. The average Bonchev–Trinajstić information content (AvgIpc) is 3.18. The SMILES string of the molecule is Cn1/c(=N/S(=O)(=O)c2ccc(Cl)s2)sc2cc3c(cc21)OCO3. The first-order chi connectivity index (χ1) is 10.9. The molecule has 4 rings (SSSR count). The molecule has 0 N–H and O–H groups in total. The molecule has 1 aliphatic rings. The van der Waals surface area contributed by atoms with Crippen LogP contribution >= 0.6 is 34.3 Å². The van der Waals surface area contributed by atoms with Crippen LogP contribution in [0.2, 0.25) is 4.34 Å². The Kier molecular flexibility index (Phi) is 3.41. The molecule has 0 fully saturated rings. The van der Waals surface area contributed by atoms with E-state index >= 15 is 0 Å². The fourth-order valence-electron chi connectivity index (χ4n) is 2.19. The van der Waals surface area contributed by atoms with E-state index in [4.69, 9.17) is 21.1 Å². The Balaban J connectivity index is 1.90. The van der Waals surface area contributed by atoms with Gasteiger partial charge in [0, 0.05) is 19.2 Å². The third kappa shape index (κ3) is 2.53. The second-order valence-electron chi connectivity index (χ2n) is 4.74. The maximum Gasteiger partial charge on any atom is 0.294 e. The van der Waals surface area contributed by atoms with E-state index in [2.05, 4.69) is 4.40 Å². The minimum absolute atomic E-state index is 0.120. The number of sulfonamides is 1. The Labute approximate surface area is 144 Å². The van der Waals surface area contributed by atoms with Gasteiger partial charge in [0.2, 0.25) is 11.6 Å². The molecule has 0 aliphatic carbocycles. The summed E-state index contributed by atoms with van der Waals surface area (Å²) in [5, 5.41) is 0. The average molecular weight is 389 g/mol. The number of halogens is 1. The Morgan fingerprint density at radius 3 is 2.65 bits per heavy atom. The molecular formula is C13H9ClN2O4S3. The second kappa shape index (κ2) is 5.23. The minimum Gasteiger partial charge on any atom is -0.454 e. The van der Waals surface area contributed by atoms with Crippen LogP contribution in [0.3, 0.4) is 0 Å². The van der Waals surface area contributed by atoms with Gasteiger partial charge in [0.1, 0.15) is 4.21 Å². The van der Waals surface area contributed by atoms with E-state index in [-0.39, 0.29) is 11.0 Å². The fourth-order valence-corrected chi connectivity index (χ4v) is 5.91. The number of thiophene rings is 1. The lowest BCUT2D eigenvalue weighted by atomic mass is 10.3. The van der Waals surface area contributed by atoms with Crippen LogP contribution in [0.5, 0.6) is 11.5 Å². The quantitative estimate of drug-likeness (QED) is 0.676. The molecule has 120 valence electrons. The summed E-state index contributed by atoms with van der Waals surface area (Å²) < 4.78 is 42.5. The van der Waals surface area contributed by atoms with Crippen molar-refractivity contribution in [3.63, 3.8) is 0 Å². The summed E-state index contributed by atoms with van der Waals surface area (Å²) >= 11 is 8.06. The Morgan fingerprint density at radius 1 is 1.22 bits per heavy atom. The minimum atomic E-state index is -3.79. The van der Waals surface area contributed by atoms with Crippen molar-refractivity contribution >= 4 is 54.5 Å². The molecule has 0 bridgehead atoms. The molecule has 6 nitrogen and oxygen atoms in total. The van der Waals surface area contributed by atoms with Crippen LogP contribution in [0, 0.1) is 0 Å². The van der Waals surface area contributed by atoms with E-state index in [1.165, 1.54) is 17.4 Å². The topological polar surface area (TPSA) is 69.9 Å². The maximum absolute atomic E-state index is 12.4. The van der Waals surface area contributed by atoms with Gasteiger partial charge in [-0.15, -0.1) is 15.7 Å². The summed E-state index contributed by atoms with van der Waals surface area (Å²) in [7, 11) is -2.03. The van der Waals surface area contributed by atoms with Crippen molar-refractivity contribution in [2.24, 2.45) is 11.4 Å². The van der Waals surface area contributed by atoms with Gasteiger partial charge in [-0.3, -0.25) is 0 Å². The van der Waals surface area contributed by atoms with Gasteiger partial charge in [-0.2, -0.15) is 8.42 Å². The maximum atomic E-state index is 12.4. The standard InChI is InChI=1S/C13H9ClN2O4S3/c1-16-7-4-8-9(20-6-19-8)5-10(7)21-13(16)15-23(17,18)12-3-2-11(14)22-12/h2-5H,6H2,1H3/b15-13-. The zero-order valence-electron chi connectivity index (χ0n) is 11.6. The van der Waals surface area contributed by atoms with Gasteiger partial charge in [-0.1, -0.05) is 22.9 Å². The van der Waals surface area contributed by atoms with Crippen LogP contribution in [0.1, 0.15) is 0 Å². The zero-order valence-corrected chi connectivity index (χ0v) is 14.9. The highest BCUT2D eigenvalue weighted by molar-refractivity contribution is 7.92. The molecule has 0 unspecified atom stereocenters. The van der Waals surface area contributed by atoms with Crippen LogP contribution in [0.15, 0.2) is 32.9 Å². The van der Waals surface area contributed by atoms with E-state index in [0.717, 1.165) is 21.6 Å². The number of ether oxygens (including phenoxy) is 2. The smallest absolute Gasteiger partial charge is 0.294 e. The number of aryl methyl sites for hydroxylation is 1. The summed E-state index contributed by atoms with van der Waals surface area (Å²) in [6, 6.07) is 6.64. The van der Waals surface area contributed by atoms with Gasteiger partial charge in [0.25, 0.3) is 10.0 Å². The third-order valence-corrected chi connectivity index (χ3v) is 7.48. The molecule has 23 heavy (non-hydrogen) atoms. The second-order valence-corrected chi connectivity index (χ2v) is 9.30. The highest BCUT2D eigenvalue weighted by Crippen LogP contribution is 2.36. The van der Waals surface area contributed by atoms with Crippen molar-refractivity contribution < 1.29 is 17.9 Å². The molecule has 0 atom stereocenters. The van der Waals surface area contributed by atoms with Gasteiger partial charge >= 0.3 is 0 Å². The van der Waals surface area contributed by atoms with E-state index in [9.17, 15) is 8.42 Å². The predicted molar refractivity (Wildman–Crippen MR) is 89.0 cm³/mol. The number of hydrogen-bond donors (Lipinski definition) is 0. The third-order valence-electron chi connectivity index (χ3n) is 3.30. The van der Waals surface area contributed by atoms with Crippen molar-refractivity contribution in [3.05, 3.63) is 33.4 Å². The summed E-state index contributed by atoms with van der Waals surface area (Å²) in [6.45, 7) is 0.196. The van der Waals surface area contributed by atoms with Crippen molar-refractivity contribution in [1.29, 1.82) is 0 Å². The van der Waals surface area contributed by atoms with E-state index < -0.39 is 10.0 Å². The molecule has 0 saturated heterocycles. The molecule has 0 spiro atoms. The fraction of sp³-hybridized carbons (Fsp3) is 0.154. The largest absolute Gasteiger partial charge is 0.454 e. The van der Waals surface area contributed by atoms with Crippen molar-refractivity contribution in [1.82, 2.24) is 4.57 Å². The van der Waals surface area contributed by atoms with Gasteiger partial charge in [-0.05, 0) is 12.1 Å². The van der Waals surface area contributed by atoms with Crippen LogP contribution < -0.4 is 14.3 Å². The molecule has 10 heteroatoms. The Morgan fingerprint density at radius 2 is 1.96 bits per heavy atom. The normalized spacial score (nSPS) is 14.8. The van der Waals surface area contributed by atoms with Crippen LogP contribution in [-0.2, 0) is 17.1 Å². The number of fused-ring (bicyclic) bond motifs is 2. The molecule has 1 aromatic carbocycles. The first-order valence-electron chi connectivity index (χ1n) is 6.39. The summed E-state index contributed by atoms with van der Waals surface area (Å²) in [5.41, 5.74) is 0.831. The molecule has 3 aromatic rings. The highest BCUT2D eigenvalue weighted by atomic mass is 35.5. The predicted octanol–water partition coefficient (Wildman–Crippen LogP) is 2.97. The molecule has 0 saturated carbocycles. The van der Waals surface area contributed by atoms with Crippen molar-refractivity contribution in [2.45, 2.75) is 4.21 Å².